The zero-order valence-electron chi connectivity index (χ0n) is 8.87. The lowest BCUT2D eigenvalue weighted by molar-refractivity contribution is -0.122. The first-order valence-corrected chi connectivity index (χ1v) is 5.41. The van der Waals surface area contributed by atoms with Gasteiger partial charge >= 0.3 is 0 Å². The van der Waals surface area contributed by atoms with Gasteiger partial charge in [0.2, 0.25) is 5.91 Å². The van der Waals surface area contributed by atoms with Crippen LogP contribution in [0.3, 0.4) is 0 Å². The number of carbonyl (C=O) groups excluding carboxylic acids is 1. The van der Waals surface area contributed by atoms with E-state index in [0.717, 1.165) is 18.9 Å². The molecule has 0 aromatic heterocycles. The van der Waals surface area contributed by atoms with Gasteiger partial charge in [0.05, 0.1) is 0 Å². The molecule has 3 nitrogen and oxygen atoms in total. The zero-order valence-corrected chi connectivity index (χ0v) is 8.87. The zero-order chi connectivity index (χ0) is 11.5. The van der Waals surface area contributed by atoms with Gasteiger partial charge in [0.25, 0.3) is 0 Å². The van der Waals surface area contributed by atoms with Crippen molar-refractivity contribution in [2.45, 2.75) is 19.3 Å². The molecule has 0 bridgehead atoms. The van der Waals surface area contributed by atoms with Crippen LogP contribution in [0.15, 0.2) is 18.2 Å². The van der Waals surface area contributed by atoms with Crippen LogP contribution in [-0.4, -0.2) is 17.6 Å². The molecule has 1 amide bonds. The number of halogens is 1. The largest absolute Gasteiger partial charge is 0.508 e. The van der Waals surface area contributed by atoms with Crippen LogP contribution in [-0.2, 0) is 11.2 Å². The van der Waals surface area contributed by atoms with Gasteiger partial charge < -0.3 is 10.4 Å². The minimum Gasteiger partial charge on any atom is -0.508 e. The van der Waals surface area contributed by atoms with Gasteiger partial charge in [-0.05, 0) is 37.0 Å². The Morgan fingerprint density at radius 3 is 2.81 bits per heavy atom. The summed E-state index contributed by atoms with van der Waals surface area (Å²) in [5.41, 5.74) is 0.689. The summed E-state index contributed by atoms with van der Waals surface area (Å²) in [6.07, 6.45) is 2.49. The lowest BCUT2D eigenvalue weighted by atomic mass is 10.1. The summed E-state index contributed by atoms with van der Waals surface area (Å²) in [6, 6.07) is 3.93. The molecule has 0 unspecified atom stereocenters. The Morgan fingerprint density at radius 1 is 1.44 bits per heavy atom. The molecule has 0 spiro atoms. The van der Waals surface area contributed by atoms with Crippen LogP contribution in [0, 0.1) is 11.7 Å². The van der Waals surface area contributed by atoms with Gasteiger partial charge in [-0.1, -0.05) is 0 Å². The van der Waals surface area contributed by atoms with Gasteiger partial charge in [-0.2, -0.15) is 0 Å². The first-order chi connectivity index (χ1) is 7.65. The summed E-state index contributed by atoms with van der Waals surface area (Å²) < 4.78 is 12.9. The highest BCUT2D eigenvalue weighted by Crippen LogP contribution is 2.28. The maximum absolute atomic E-state index is 12.9. The predicted octanol–water partition coefficient (Wildman–Crippen LogP) is 1.60. The number of nitrogens with one attached hydrogen (secondary N) is 1. The smallest absolute Gasteiger partial charge is 0.223 e. The number of hydrogen-bond acceptors (Lipinski definition) is 2. The molecule has 2 rings (SSSR count). The summed E-state index contributed by atoms with van der Waals surface area (Å²) in [6.45, 7) is 0.484. The maximum atomic E-state index is 12.9. The predicted molar refractivity (Wildman–Crippen MR) is 57.5 cm³/mol. The molecule has 1 aliphatic rings. The quantitative estimate of drug-likeness (QED) is 0.814. The van der Waals surface area contributed by atoms with E-state index in [1.54, 1.807) is 0 Å². The van der Waals surface area contributed by atoms with E-state index in [4.69, 9.17) is 0 Å². The summed E-state index contributed by atoms with van der Waals surface area (Å²) in [4.78, 5) is 11.3. The SMILES string of the molecule is O=C(NCCc1cc(O)cc(F)c1)C1CC1. The Balaban J connectivity index is 1.82. The highest BCUT2D eigenvalue weighted by atomic mass is 19.1. The second-order valence-corrected chi connectivity index (χ2v) is 4.13. The van der Waals surface area contributed by atoms with Crippen LogP contribution in [0.5, 0.6) is 5.75 Å². The van der Waals surface area contributed by atoms with Crippen molar-refractivity contribution >= 4 is 5.91 Å². The molecule has 0 radical (unpaired) electrons. The van der Waals surface area contributed by atoms with E-state index in [2.05, 4.69) is 5.32 Å². The molecule has 1 saturated carbocycles. The van der Waals surface area contributed by atoms with Crippen LogP contribution in [0.1, 0.15) is 18.4 Å². The third-order valence-electron chi connectivity index (χ3n) is 2.60. The van der Waals surface area contributed by atoms with Crippen LogP contribution in [0.4, 0.5) is 4.39 Å². The Bertz CT molecular complexity index is 382. The average Bonchev–Trinajstić information content (AvgIpc) is 2.98. The highest BCUT2D eigenvalue weighted by Gasteiger charge is 2.28. The fourth-order valence-corrected chi connectivity index (χ4v) is 1.60. The molecule has 1 aromatic rings. The monoisotopic (exact) mass is 223 g/mol. The summed E-state index contributed by atoms with van der Waals surface area (Å²) >= 11 is 0. The Labute approximate surface area is 93.3 Å². The molecule has 2 N–H and O–H groups in total. The number of rotatable bonds is 4. The van der Waals surface area contributed by atoms with Crippen LogP contribution in [0.2, 0.25) is 0 Å². The standard InChI is InChI=1S/C12H14FNO2/c13-10-5-8(6-11(15)7-10)3-4-14-12(16)9-1-2-9/h5-7,9,15H,1-4H2,(H,14,16). The number of phenolic OH excluding ortho intramolecular Hbond substituents is 1. The van der Waals surface area contributed by atoms with Crippen molar-refractivity contribution in [3.8, 4) is 5.75 Å². The van der Waals surface area contributed by atoms with Crippen molar-refractivity contribution in [1.29, 1.82) is 0 Å². The molecule has 1 aliphatic carbocycles. The molecule has 0 saturated heterocycles. The molecule has 0 heterocycles. The average molecular weight is 223 g/mol. The van der Waals surface area contributed by atoms with Gasteiger partial charge in [0.15, 0.2) is 0 Å². The summed E-state index contributed by atoms with van der Waals surface area (Å²) in [5, 5.41) is 12.0. The summed E-state index contributed by atoms with van der Waals surface area (Å²) in [5.74, 6) is -0.256. The van der Waals surface area contributed by atoms with Crippen molar-refractivity contribution in [1.82, 2.24) is 5.32 Å². The van der Waals surface area contributed by atoms with Crippen molar-refractivity contribution in [3.63, 3.8) is 0 Å². The maximum Gasteiger partial charge on any atom is 0.223 e. The number of phenols is 1. The molecule has 1 fully saturated rings. The number of aromatic hydroxyl groups is 1. The number of hydrogen-bond donors (Lipinski definition) is 2. The van der Waals surface area contributed by atoms with Gasteiger partial charge in [-0.3, -0.25) is 4.79 Å². The second kappa shape index (κ2) is 4.51. The molecular weight excluding hydrogens is 209 g/mol. The normalized spacial score (nSPS) is 14.8. The number of benzene rings is 1. The lowest BCUT2D eigenvalue weighted by Gasteiger charge is -2.05. The molecule has 0 aliphatic heterocycles. The second-order valence-electron chi connectivity index (χ2n) is 4.13. The highest BCUT2D eigenvalue weighted by molar-refractivity contribution is 5.80. The van der Waals surface area contributed by atoms with Crippen molar-refractivity contribution in [3.05, 3.63) is 29.6 Å². The Morgan fingerprint density at radius 2 is 2.19 bits per heavy atom. The minimum atomic E-state index is -0.455. The van der Waals surface area contributed by atoms with E-state index in [-0.39, 0.29) is 17.6 Å². The van der Waals surface area contributed by atoms with Gasteiger partial charge in [0.1, 0.15) is 11.6 Å². The molecule has 1 aromatic carbocycles. The van der Waals surface area contributed by atoms with E-state index in [1.165, 1.54) is 12.1 Å². The minimum absolute atomic E-state index is 0.0801. The fraction of sp³-hybridized carbons (Fsp3) is 0.417. The molecular formula is C12H14FNO2. The lowest BCUT2D eigenvalue weighted by Crippen LogP contribution is -2.26. The van der Waals surface area contributed by atoms with Gasteiger partial charge in [-0.15, -0.1) is 0 Å². The van der Waals surface area contributed by atoms with Crippen molar-refractivity contribution < 1.29 is 14.3 Å². The first-order valence-electron chi connectivity index (χ1n) is 5.41. The van der Waals surface area contributed by atoms with E-state index < -0.39 is 5.82 Å². The van der Waals surface area contributed by atoms with E-state index in [9.17, 15) is 14.3 Å². The topological polar surface area (TPSA) is 49.3 Å². The molecule has 16 heavy (non-hydrogen) atoms. The Hall–Kier alpha value is -1.58. The van der Waals surface area contributed by atoms with Crippen LogP contribution < -0.4 is 5.32 Å². The summed E-state index contributed by atoms with van der Waals surface area (Å²) in [7, 11) is 0. The van der Waals surface area contributed by atoms with Crippen LogP contribution in [0.25, 0.3) is 0 Å². The molecule has 0 atom stereocenters. The van der Waals surface area contributed by atoms with E-state index in [0.29, 0.717) is 18.5 Å². The van der Waals surface area contributed by atoms with Gasteiger partial charge in [-0.25, -0.2) is 4.39 Å². The van der Waals surface area contributed by atoms with Crippen molar-refractivity contribution in [2.24, 2.45) is 5.92 Å². The first kappa shape index (κ1) is 10.9. The number of amides is 1. The van der Waals surface area contributed by atoms with Crippen molar-refractivity contribution in [2.75, 3.05) is 6.54 Å². The third kappa shape index (κ3) is 2.95. The van der Waals surface area contributed by atoms with E-state index >= 15 is 0 Å². The molecule has 86 valence electrons. The third-order valence-corrected chi connectivity index (χ3v) is 2.60. The Kier molecular flexibility index (Phi) is 3.08. The van der Waals surface area contributed by atoms with Gasteiger partial charge in [0, 0.05) is 18.5 Å². The molecule has 4 heteroatoms. The fourth-order valence-electron chi connectivity index (χ4n) is 1.60. The van der Waals surface area contributed by atoms with E-state index in [1.807, 2.05) is 0 Å². The van der Waals surface area contributed by atoms with Crippen LogP contribution >= 0.6 is 0 Å². The number of carbonyl (C=O) groups is 1.